The first kappa shape index (κ1) is 12.0. The van der Waals surface area contributed by atoms with Crippen molar-refractivity contribution in [2.24, 2.45) is 0 Å². The summed E-state index contributed by atoms with van der Waals surface area (Å²) in [5, 5.41) is 11.5. The van der Waals surface area contributed by atoms with E-state index in [0.717, 1.165) is 40.7 Å². The summed E-state index contributed by atoms with van der Waals surface area (Å²) in [6.07, 6.45) is 1.73. The fraction of sp³-hybridized carbons (Fsp3) is 0.364. The number of hydrogen-bond acceptors (Lipinski definition) is 6. The molecular weight excluding hydrogens is 314 g/mol. The van der Waals surface area contributed by atoms with Crippen LogP contribution in [0.4, 0.5) is 5.82 Å². The lowest BCUT2D eigenvalue weighted by atomic mass is 10.3. The predicted molar refractivity (Wildman–Crippen MR) is 75.9 cm³/mol. The molecule has 0 atom stereocenters. The topological polar surface area (TPSA) is 53.9 Å². The molecule has 0 saturated carbocycles. The first-order valence-electron chi connectivity index (χ1n) is 5.74. The molecule has 94 valence electrons. The van der Waals surface area contributed by atoms with Gasteiger partial charge in [-0.1, -0.05) is 0 Å². The molecule has 0 spiro atoms. The Balaban J connectivity index is 1.88. The second-order valence-electron chi connectivity index (χ2n) is 3.98. The number of thiophene rings is 1. The maximum absolute atomic E-state index is 4.59. The molecule has 1 saturated heterocycles. The third-order valence-electron chi connectivity index (χ3n) is 2.78. The molecule has 0 bridgehead atoms. The fourth-order valence-corrected chi connectivity index (χ4v) is 3.20. The number of piperazine rings is 1. The van der Waals surface area contributed by atoms with Crippen molar-refractivity contribution in [2.45, 2.75) is 0 Å². The van der Waals surface area contributed by atoms with E-state index < -0.39 is 0 Å². The Morgan fingerprint density at radius 3 is 2.83 bits per heavy atom. The number of hydrogen-bond donors (Lipinski definition) is 1. The minimum Gasteiger partial charge on any atom is -0.353 e. The van der Waals surface area contributed by atoms with E-state index in [0.29, 0.717) is 5.82 Å². The first-order chi connectivity index (χ1) is 8.83. The van der Waals surface area contributed by atoms with Crippen LogP contribution < -0.4 is 10.2 Å². The van der Waals surface area contributed by atoms with Crippen molar-refractivity contribution in [1.29, 1.82) is 0 Å². The molecule has 0 radical (unpaired) electrons. The molecule has 0 aromatic carbocycles. The number of halogens is 1. The molecule has 18 heavy (non-hydrogen) atoms. The Morgan fingerprint density at radius 1 is 1.28 bits per heavy atom. The van der Waals surface area contributed by atoms with Crippen molar-refractivity contribution in [3.8, 4) is 10.7 Å². The highest BCUT2D eigenvalue weighted by Crippen LogP contribution is 2.29. The Morgan fingerprint density at radius 2 is 2.11 bits per heavy atom. The van der Waals surface area contributed by atoms with E-state index in [1.54, 1.807) is 17.5 Å². The van der Waals surface area contributed by atoms with E-state index in [9.17, 15) is 0 Å². The number of rotatable bonds is 2. The van der Waals surface area contributed by atoms with Gasteiger partial charge in [-0.25, -0.2) is 4.98 Å². The zero-order chi connectivity index (χ0) is 12.4. The van der Waals surface area contributed by atoms with Gasteiger partial charge in [-0.3, -0.25) is 0 Å². The smallest absolute Gasteiger partial charge is 0.193 e. The van der Waals surface area contributed by atoms with Crippen LogP contribution in [0.1, 0.15) is 0 Å². The third kappa shape index (κ3) is 2.52. The van der Waals surface area contributed by atoms with Crippen molar-refractivity contribution in [3.63, 3.8) is 0 Å². The molecule has 1 fully saturated rings. The van der Waals surface area contributed by atoms with Crippen LogP contribution in [0.3, 0.4) is 0 Å². The Hall–Kier alpha value is -1.05. The highest BCUT2D eigenvalue weighted by Gasteiger charge is 2.14. The van der Waals surface area contributed by atoms with Gasteiger partial charge in [0.25, 0.3) is 0 Å². The van der Waals surface area contributed by atoms with Crippen molar-refractivity contribution < 1.29 is 0 Å². The lowest BCUT2D eigenvalue weighted by Crippen LogP contribution is -2.44. The molecule has 2 aromatic rings. The van der Waals surface area contributed by atoms with E-state index in [1.807, 2.05) is 12.1 Å². The summed E-state index contributed by atoms with van der Waals surface area (Å²) in [5.41, 5.74) is 0. The maximum atomic E-state index is 4.59. The van der Waals surface area contributed by atoms with Gasteiger partial charge in [-0.05, 0) is 28.1 Å². The van der Waals surface area contributed by atoms with Crippen LogP contribution in [0, 0.1) is 0 Å². The average Bonchev–Trinajstić information content (AvgIpc) is 2.87. The predicted octanol–water partition coefficient (Wildman–Crippen LogP) is 1.77. The minimum atomic E-state index is 0.696. The van der Waals surface area contributed by atoms with Gasteiger partial charge in [0, 0.05) is 26.2 Å². The molecule has 7 heteroatoms. The number of nitrogens with one attached hydrogen (secondary N) is 1. The third-order valence-corrected chi connectivity index (χ3v) is 4.40. The van der Waals surface area contributed by atoms with Crippen LogP contribution in [0.25, 0.3) is 10.7 Å². The van der Waals surface area contributed by atoms with Gasteiger partial charge in [0.2, 0.25) is 0 Å². The van der Waals surface area contributed by atoms with E-state index in [2.05, 4.69) is 41.3 Å². The normalized spacial score (nSPS) is 15.9. The standard InChI is InChI=1S/C11H12BrN5S/c12-9-2-1-8(18-9)11-15-10(7-14-16-11)17-5-3-13-4-6-17/h1-2,7,13H,3-6H2. The fourth-order valence-electron chi connectivity index (χ4n) is 1.88. The molecule has 0 amide bonds. The van der Waals surface area contributed by atoms with E-state index in [-0.39, 0.29) is 0 Å². The van der Waals surface area contributed by atoms with Crippen LogP contribution in [0.15, 0.2) is 22.1 Å². The van der Waals surface area contributed by atoms with Crippen molar-refractivity contribution in [1.82, 2.24) is 20.5 Å². The summed E-state index contributed by atoms with van der Waals surface area (Å²) in [7, 11) is 0. The zero-order valence-corrected chi connectivity index (χ0v) is 12.0. The van der Waals surface area contributed by atoms with Crippen molar-refractivity contribution in [3.05, 3.63) is 22.1 Å². The monoisotopic (exact) mass is 325 g/mol. The molecule has 1 N–H and O–H groups in total. The molecule has 1 aliphatic heterocycles. The van der Waals surface area contributed by atoms with E-state index >= 15 is 0 Å². The van der Waals surface area contributed by atoms with Gasteiger partial charge < -0.3 is 10.2 Å². The van der Waals surface area contributed by atoms with Crippen LogP contribution in [-0.4, -0.2) is 41.4 Å². The minimum absolute atomic E-state index is 0.696. The van der Waals surface area contributed by atoms with Crippen LogP contribution in [0.2, 0.25) is 0 Å². The average molecular weight is 326 g/mol. The molecule has 0 unspecified atom stereocenters. The van der Waals surface area contributed by atoms with Crippen LogP contribution in [0.5, 0.6) is 0 Å². The summed E-state index contributed by atoms with van der Waals surface area (Å²) >= 11 is 5.07. The molecular formula is C11H12BrN5S. The van der Waals surface area contributed by atoms with E-state index in [1.165, 1.54) is 0 Å². The lowest BCUT2D eigenvalue weighted by molar-refractivity contribution is 0.583. The number of anilines is 1. The highest BCUT2D eigenvalue weighted by atomic mass is 79.9. The molecule has 1 aliphatic rings. The lowest BCUT2D eigenvalue weighted by Gasteiger charge is -2.27. The Kier molecular flexibility index (Phi) is 3.53. The highest BCUT2D eigenvalue weighted by molar-refractivity contribution is 9.11. The summed E-state index contributed by atoms with van der Waals surface area (Å²) in [6, 6.07) is 4.01. The Bertz CT molecular complexity index is 538. The van der Waals surface area contributed by atoms with Gasteiger partial charge in [0.1, 0.15) is 0 Å². The zero-order valence-electron chi connectivity index (χ0n) is 9.64. The SMILES string of the molecule is Brc1ccc(-c2nncc(N3CCNCC3)n2)s1. The quantitative estimate of drug-likeness (QED) is 0.912. The first-order valence-corrected chi connectivity index (χ1v) is 7.35. The molecule has 3 heterocycles. The summed E-state index contributed by atoms with van der Waals surface area (Å²) in [4.78, 5) is 7.86. The summed E-state index contributed by atoms with van der Waals surface area (Å²) in [6.45, 7) is 3.91. The summed E-state index contributed by atoms with van der Waals surface area (Å²) < 4.78 is 1.08. The maximum Gasteiger partial charge on any atom is 0.193 e. The van der Waals surface area contributed by atoms with Gasteiger partial charge in [0.05, 0.1) is 14.9 Å². The molecule has 3 rings (SSSR count). The van der Waals surface area contributed by atoms with Crippen LogP contribution in [-0.2, 0) is 0 Å². The van der Waals surface area contributed by atoms with E-state index in [4.69, 9.17) is 0 Å². The number of aromatic nitrogens is 3. The van der Waals surface area contributed by atoms with Crippen LogP contribution >= 0.6 is 27.3 Å². The van der Waals surface area contributed by atoms with Gasteiger partial charge in [0.15, 0.2) is 11.6 Å². The number of nitrogens with zero attached hydrogens (tertiary/aromatic N) is 4. The van der Waals surface area contributed by atoms with Gasteiger partial charge in [-0.15, -0.1) is 16.4 Å². The second kappa shape index (κ2) is 5.29. The van der Waals surface area contributed by atoms with Crippen molar-refractivity contribution in [2.75, 3.05) is 31.1 Å². The second-order valence-corrected chi connectivity index (χ2v) is 6.44. The Labute approximate surface area is 117 Å². The van der Waals surface area contributed by atoms with Gasteiger partial charge in [-0.2, -0.15) is 5.10 Å². The molecule has 5 nitrogen and oxygen atoms in total. The summed E-state index contributed by atoms with van der Waals surface area (Å²) in [5.74, 6) is 1.60. The van der Waals surface area contributed by atoms with Gasteiger partial charge >= 0.3 is 0 Å². The molecule has 2 aromatic heterocycles. The largest absolute Gasteiger partial charge is 0.353 e. The van der Waals surface area contributed by atoms with Crippen molar-refractivity contribution >= 4 is 33.1 Å². The molecule has 0 aliphatic carbocycles.